The van der Waals surface area contributed by atoms with Crippen LogP contribution in [0.4, 0.5) is 0 Å². The van der Waals surface area contributed by atoms with Crippen molar-refractivity contribution in [2.45, 2.75) is 24.8 Å². The number of methoxy groups -OCH3 is 1. The first-order chi connectivity index (χ1) is 6.78. The molecular weight excluding hydrogens is 176 g/mol. The maximum Gasteiger partial charge on any atom is 0.137 e. The van der Waals surface area contributed by atoms with Gasteiger partial charge in [0.15, 0.2) is 0 Å². The SMILES string of the molecule is CNC1(Cc2ccc(OC)cn2)CC1. The molecule has 1 aliphatic rings. The monoisotopic (exact) mass is 192 g/mol. The van der Waals surface area contributed by atoms with Crippen molar-refractivity contribution in [3.05, 3.63) is 24.0 Å². The highest BCUT2D eigenvalue weighted by molar-refractivity contribution is 5.22. The molecule has 1 aromatic heterocycles. The van der Waals surface area contributed by atoms with Gasteiger partial charge in [-0.2, -0.15) is 0 Å². The van der Waals surface area contributed by atoms with Crippen molar-refractivity contribution in [3.63, 3.8) is 0 Å². The fraction of sp³-hybridized carbons (Fsp3) is 0.545. The molecule has 0 aromatic carbocycles. The van der Waals surface area contributed by atoms with Crippen molar-refractivity contribution in [3.8, 4) is 5.75 Å². The van der Waals surface area contributed by atoms with E-state index in [0.717, 1.165) is 17.9 Å². The number of nitrogens with zero attached hydrogens (tertiary/aromatic N) is 1. The molecule has 1 saturated carbocycles. The highest BCUT2D eigenvalue weighted by atomic mass is 16.5. The summed E-state index contributed by atoms with van der Waals surface area (Å²) < 4.78 is 5.06. The van der Waals surface area contributed by atoms with E-state index in [1.165, 1.54) is 12.8 Å². The van der Waals surface area contributed by atoms with Crippen LogP contribution < -0.4 is 10.1 Å². The summed E-state index contributed by atoms with van der Waals surface area (Å²) in [6, 6.07) is 4.00. The number of hydrogen-bond donors (Lipinski definition) is 1. The van der Waals surface area contributed by atoms with Gasteiger partial charge in [-0.05, 0) is 32.0 Å². The topological polar surface area (TPSA) is 34.1 Å². The van der Waals surface area contributed by atoms with E-state index in [2.05, 4.69) is 10.3 Å². The second-order valence-electron chi connectivity index (χ2n) is 3.90. The van der Waals surface area contributed by atoms with Gasteiger partial charge in [0.1, 0.15) is 5.75 Å². The number of nitrogens with one attached hydrogen (secondary N) is 1. The zero-order chi connectivity index (χ0) is 10.0. The number of likely N-dealkylation sites (N-methyl/N-ethyl adjacent to an activating group) is 1. The van der Waals surface area contributed by atoms with Crippen LogP contribution in [0, 0.1) is 0 Å². The molecule has 1 heterocycles. The molecule has 14 heavy (non-hydrogen) atoms. The van der Waals surface area contributed by atoms with Crippen molar-refractivity contribution in [1.29, 1.82) is 0 Å². The van der Waals surface area contributed by atoms with E-state index in [1.54, 1.807) is 13.3 Å². The minimum Gasteiger partial charge on any atom is -0.495 e. The predicted molar refractivity (Wildman–Crippen MR) is 55.5 cm³/mol. The van der Waals surface area contributed by atoms with Crippen LogP contribution in [0.25, 0.3) is 0 Å². The van der Waals surface area contributed by atoms with E-state index in [9.17, 15) is 0 Å². The largest absolute Gasteiger partial charge is 0.495 e. The maximum absolute atomic E-state index is 5.06. The van der Waals surface area contributed by atoms with Gasteiger partial charge in [-0.25, -0.2) is 0 Å². The van der Waals surface area contributed by atoms with Gasteiger partial charge < -0.3 is 10.1 Å². The van der Waals surface area contributed by atoms with E-state index in [4.69, 9.17) is 4.74 Å². The quantitative estimate of drug-likeness (QED) is 0.782. The van der Waals surface area contributed by atoms with Crippen LogP contribution in [0.2, 0.25) is 0 Å². The summed E-state index contributed by atoms with van der Waals surface area (Å²) in [4.78, 5) is 4.36. The number of pyridine rings is 1. The summed E-state index contributed by atoms with van der Waals surface area (Å²) in [5.74, 6) is 0.822. The van der Waals surface area contributed by atoms with Gasteiger partial charge in [-0.15, -0.1) is 0 Å². The Kier molecular flexibility index (Phi) is 2.42. The Morgan fingerprint density at radius 1 is 1.50 bits per heavy atom. The third-order valence-corrected chi connectivity index (χ3v) is 2.94. The Hall–Kier alpha value is -1.09. The molecule has 1 aliphatic carbocycles. The van der Waals surface area contributed by atoms with Crippen molar-refractivity contribution in [2.24, 2.45) is 0 Å². The Morgan fingerprint density at radius 3 is 2.71 bits per heavy atom. The summed E-state index contributed by atoms with van der Waals surface area (Å²) in [6.45, 7) is 0. The van der Waals surface area contributed by atoms with Crippen LogP contribution in [-0.2, 0) is 6.42 Å². The van der Waals surface area contributed by atoms with Crippen LogP contribution in [0.1, 0.15) is 18.5 Å². The van der Waals surface area contributed by atoms with Gasteiger partial charge >= 0.3 is 0 Å². The summed E-state index contributed by atoms with van der Waals surface area (Å²) >= 11 is 0. The Bertz CT molecular complexity index is 304. The standard InChI is InChI=1S/C11H16N2O/c1-12-11(5-6-11)7-9-3-4-10(14-2)8-13-9/h3-4,8,12H,5-7H2,1-2H3. The Labute approximate surface area is 84.5 Å². The molecule has 0 aliphatic heterocycles. The van der Waals surface area contributed by atoms with E-state index in [-0.39, 0.29) is 0 Å². The van der Waals surface area contributed by atoms with Crippen LogP contribution in [0.15, 0.2) is 18.3 Å². The van der Waals surface area contributed by atoms with Crippen LogP contribution in [0.5, 0.6) is 5.75 Å². The summed E-state index contributed by atoms with van der Waals surface area (Å²) in [5.41, 5.74) is 1.47. The molecule has 0 radical (unpaired) electrons. The zero-order valence-corrected chi connectivity index (χ0v) is 8.71. The summed E-state index contributed by atoms with van der Waals surface area (Å²) in [7, 11) is 3.68. The second-order valence-corrected chi connectivity index (χ2v) is 3.90. The first-order valence-corrected chi connectivity index (χ1v) is 4.96. The number of aromatic nitrogens is 1. The molecule has 1 fully saturated rings. The Balaban J connectivity index is 2.03. The van der Waals surface area contributed by atoms with Gasteiger partial charge in [0.2, 0.25) is 0 Å². The molecule has 0 spiro atoms. The lowest BCUT2D eigenvalue weighted by molar-refractivity contribution is 0.412. The molecular formula is C11H16N2O. The van der Waals surface area contributed by atoms with Gasteiger partial charge in [-0.1, -0.05) is 0 Å². The van der Waals surface area contributed by atoms with Gasteiger partial charge in [0, 0.05) is 17.7 Å². The number of ether oxygens (including phenoxy) is 1. The van der Waals surface area contributed by atoms with Crippen molar-refractivity contribution in [2.75, 3.05) is 14.2 Å². The fourth-order valence-corrected chi connectivity index (χ4v) is 1.65. The first-order valence-electron chi connectivity index (χ1n) is 4.96. The summed E-state index contributed by atoms with van der Waals surface area (Å²) in [6.07, 6.45) is 5.32. The lowest BCUT2D eigenvalue weighted by Gasteiger charge is -2.13. The third-order valence-electron chi connectivity index (χ3n) is 2.94. The third kappa shape index (κ3) is 1.87. The smallest absolute Gasteiger partial charge is 0.137 e. The molecule has 0 amide bonds. The lowest BCUT2D eigenvalue weighted by Crippen LogP contribution is -2.29. The highest BCUT2D eigenvalue weighted by Crippen LogP contribution is 2.37. The minimum atomic E-state index is 0.335. The van der Waals surface area contributed by atoms with E-state index in [0.29, 0.717) is 5.54 Å². The molecule has 0 saturated heterocycles. The van der Waals surface area contributed by atoms with Gasteiger partial charge in [0.25, 0.3) is 0 Å². The fourth-order valence-electron chi connectivity index (χ4n) is 1.65. The molecule has 0 atom stereocenters. The molecule has 76 valence electrons. The van der Waals surface area contributed by atoms with Crippen LogP contribution in [0.3, 0.4) is 0 Å². The maximum atomic E-state index is 5.06. The molecule has 3 nitrogen and oxygen atoms in total. The molecule has 0 bridgehead atoms. The van der Waals surface area contributed by atoms with Crippen LogP contribution in [-0.4, -0.2) is 24.7 Å². The molecule has 0 unspecified atom stereocenters. The first kappa shape index (κ1) is 9.46. The average molecular weight is 192 g/mol. The zero-order valence-electron chi connectivity index (χ0n) is 8.71. The number of rotatable bonds is 4. The van der Waals surface area contributed by atoms with Crippen molar-refractivity contribution in [1.82, 2.24) is 10.3 Å². The minimum absolute atomic E-state index is 0.335. The normalized spacial score (nSPS) is 17.9. The summed E-state index contributed by atoms with van der Waals surface area (Å²) in [5, 5.41) is 3.36. The van der Waals surface area contributed by atoms with Gasteiger partial charge in [0.05, 0.1) is 13.3 Å². The van der Waals surface area contributed by atoms with Crippen molar-refractivity contribution >= 4 is 0 Å². The van der Waals surface area contributed by atoms with Gasteiger partial charge in [-0.3, -0.25) is 4.98 Å². The molecule has 1 aromatic rings. The highest BCUT2D eigenvalue weighted by Gasteiger charge is 2.41. The average Bonchev–Trinajstić information content (AvgIpc) is 3.00. The van der Waals surface area contributed by atoms with Crippen molar-refractivity contribution < 1.29 is 4.74 Å². The lowest BCUT2D eigenvalue weighted by atomic mass is 10.1. The van der Waals surface area contributed by atoms with Crippen LogP contribution >= 0.6 is 0 Å². The second kappa shape index (κ2) is 3.58. The van der Waals surface area contributed by atoms with E-state index >= 15 is 0 Å². The van der Waals surface area contributed by atoms with E-state index in [1.807, 2.05) is 19.2 Å². The number of hydrogen-bond acceptors (Lipinski definition) is 3. The molecule has 3 heteroatoms. The van der Waals surface area contributed by atoms with E-state index < -0.39 is 0 Å². The Morgan fingerprint density at radius 2 is 2.29 bits per heavy atom. The molecule has 2 rings (SSSR count). The predicted octanol–water partition coefficient (Wildman–Crippen LogP) is 1.38. The molecule has 1 N–H and O–H groups in total.